The van der Waals surface area contributed by atoms with Gasteiger partial charge in [0.15, 0.2) is 11.4 Å². The predicted octanol–water partition coefficient (Wildman–Crippen LogP) is 3.44. The summed E-state index contributed by atoms with van der Waals surface area (Å²) >= 11 is 0. The highest BCUT2D eigenvalue weighted by atomic mass is 19.1. The fourth-order valence-electron chi connectivity index (χ4n) is 3.71. The number of nitrogen functional groups attached to an aromatic ring is 1. The summed E-state index contributed by atoms with van der Waals surface area (Å²) in [4.78, 5) is 46.6. The second kappa shape index (κ2) is 10.1. The number of ketones is 1. The molecule has 2 amide bonds. The number of nitrogens with two attached hydrogens (primary N) is 1. The van der Waals surface area contributed by atoms with Crippen molar-refractivity contribution in [2.24, 2.45) is 0 Å². The highest BCUT2D eigenvalue weighted by Crippen LogP contribution is 2.31. The van der Waals surface area contributed by atoms with E-state index in [1.807, 2.05) is 0 Å². The Hall–Kier alpha value is -4.99. The zero-order valence-corrected chi connectivity index (χ0v) is 19.1. The Bertz CT molecular complexity index is 1510. The molecule has 0 aliphatic heterocycles. The summed E-state index contributed by atoms with van der Waals surface area (Å²) in [7, 11) is 0. The topological polar surface area (TPSA) is 124 Å². The third kappa shape index (κ3) is 4.51. The minimum Gasteiger partial charge on any atom is -0.383 e. The van der Waals surface area contributed by atoms with E-state index in [4.69, 9.17) is 5.73 Å². The van der Waals surface area contributed by atoms with E-state index in [1.54, 1.807) is 30.3 Å². The van der Waals surface area contributed by atoms with Crippen LogP contribution >= 0.6 is 0 Å². The Labute approximate surface area is 205 Å². The summed E-state index contributed by atoms with van der Waals surface area (Å²) in [5.41, 5.74) is 7.28. The lowest BCUT2D eigenvalue weighted by Gasteiger charge is -2.19. The van der Waals surface area contributed by atoms with E-state index in [1.165, 1.54) is 29.2 Å². The van der Waals surface area contributed by atoms with E-state index in [2.05, 4.69) is 28.2 Å². The van der Waals surface area contributed by atoms with Crippen LogP contribution in [0.15, 0.2) is 80.2 Å². The Kier molecular flexibility index (Phi) is 6.77. The zero-order chi connectivity index (χ0) is 25.8. The molecule has 2 aromatic carbocycles. The number of fused-ring (bicyclic) bond motifs is 1. The lowest BCUT2D eigenvalue weighted by Crippen LogP contribution is -2.38. The maximum Gasteiger partial charge on any atom is 0.260 e. The number of carbonyl (C=O) groups is 3. The summed E-state index contributed by atoms with van der Waals surface area (Å²) in [6.07, 6.45) is 3.34. The van der Waals surface area contributed by atoms with Crippen LogP contribution in [0.4, 0.5) is 10.2 Å². The van der Waals surface area contributed by atoms with Gasteiger partial charge in [-0.2, -0.15) is 5.10 Å². The molecule has 2 aromatic heterocycles. The molecule has 0 saturated heterocycles. The zero-order valence-electron chi connectivity index (χ0n) is 19.1. The molecule has 0 aliphatic rings. The number of anilines is 1. The van der Waals surface area contributed by atoms with Gasteiger partial charge in [-0.25, -0.2) is 19.0 Å². The molecule has 0 radical (unpaired) electrons. The molecule has 0 unspecified atom stereocenters. The molecule has 4 aromatic rings. The summed E-state index contributed by atoms with van der Waals surface area (Å²) in [5.74, 6) is -2.23. The summed E-state index contributed by atoms with van der Waals surface area (Å²) < 4.78 is 16.1. The quantitative estimate of drug-likeness (QED) is 0.300. The molecule has 36 heavy (non-hydrogen) atoms. The van der Waals surface area contributed by atoms with Gasteiger partial charge in [0.05, 0.1) is 17.5 Å². The average molecular weight is 484 g/mol. The number of benzene rings is 2. The second-order valence-electron chi connectivity index (χ2n) is 7.66. The fourth-order valence-corrected chi connectivity index (χ4v) is 3.71. The van der Waals surface area contributed by atoms with Crippen molar-refractivity contribution in [1.29, 1.82) is 0 Å². The van der Waals surface area contributed by atoms with E-state index in [-0.39, 0.29) is 30.2 Å². The normalized spacial score (nSPS) is 10.7. The van der Waals surface area contributed by atoms with Gasteiger partial charge in [0, 0.05) is 17.7 Å². The number of halogens is 1. The average Bonchev–Trinajstić information content (AvgIpc) is 3.28. The number of rotatable bonds is 8. The van der Waals surface area contributed by atoms with Crippen LogP contribution in [-0.4, -0.2) is 48.8 Å². The molecule has 0 aliphatic carbocycles. The molecule has 2 N–H and O–H groups in total. The van der Waals surface area contributed by atoms with Gasteiger partial charge in [-0.1, -0.05) is 37.4 Å². The van der Waals surface area contributed by atoms with Crippen molar-refractivity contribution in [1.82, 2.24) is 24.6 Å². The van der Waals surface area contributed by atoms with Crippen molar-refractivity contribution < 1.29 is 18.8 Å². The molecular weight excluding hydrogens is 463 g/mol. The van der Waals surface area contributed by atoms with Gasteiger partial charge in [-0.15, -0.1) is 0 Å². The molecule has 2 heterocycles. The highest BCUT2D eigenvalue weighted by molar-refractivity contribution is 6.08. The minimum atomic E-state index is -0.744. The van der Waals surface area contributed by atoms with Gasteiger partial charge in [0.2, 0.25) is 0 Å². The summed E-state index contributed by atoms with van der Waals surface area (Å²) in [6, 6.07) is 12.4. The first-order valence-electron chi connectivity index (χ1n) is 10.8. The molecule has 180 valence electrons. The fraction of sp³-hybridized carbons (Fsp3) is 0.0769. The molecule has 9 nitrogen and oxygen atoms in total. The Morgan fingerprint density at radius 2 is 1.81 bits per heavy atom. The van der Waals surface area contributed by atoms with Crippen LogP contribution in [0.2, 0.25) is 0 Å². The van der Waals surface area contributed by atoms with Gasteiger partial charge in [-0.3, -0.25) is 19.3 Å². The van der Waals surface area contributed by atoms with Gasteiger partial charge >= 0.3 is 0 Å². The van der Waals surface area contributed by atoms with Crippen molar-refractivity contribution in [2.75, 3.05) is 12.3 Å². The van der Waals surface area contributed by atoms with Crippen LogP contribution in [0, 0.1) is 5.82 Å². The van der Waals surface area contributed by atoms with Crippen LogP contribution in [0.3, 0.4) is 0 Å². The standard InChI is InChI=1S/C26H21FN6O3/c1-3-20(34)18-11-10-17(14-19(18)27)23-22-24(28)29-15-30-25(22)33(31-23)13-12-32(21(35)4-2)26(36)16-8-6-5-7-9-16/h3-11,14-15H,1-2,12-13H2,(H2,28,29,30). The van der Waals surface area contributed by atoms with Crippen LogP contribution < -0.4 is 5.73 Å². The smallest absolute Gasteiger partial charge is 0.260 e. The van der Waals surface area contributed by atoms with Crippen LogP contribution in [0.25, 0.3) is 22.3 Å². The maximum absolute atomic E-state index is 14.7. The molecule has 10 heteroatoms. The molecule has 4 rings (SSSR count). The Morgan fingerprint density at radius 1 is 1.06 bits per heavy atom. The van der Waals surface area contributed by atoms with E-state index in [9.17, 15) is 18.8 Å². The van der Waals surface area contributed by atoms with Gasteiger partial charge in [-0.05, 0) is 36.4 Å². The van der Waals surface area contributed by atoms with Crippen LogP contribution in [0.5, 0.6) is 0 Å². The van der Waals surface area contributed by atoms with Crippen molar-refractivity contribution in [2.45, 2.75) is 6.54 Å². The van der Waals surface area contributed by atoms with Gasteiger partial charge in [0.1, 0.15) is 23.7 Å². The summed E-state index contributed by atoms with van der Waals surface area (Å²) in [5, 5.41) is 4.90. The van der Waals surface area contributed by atoms with E-state index in [0.717, 1.165) is 17.1 Å². The first-order valence-corrected chi connectivity index (χ1v) is 10.8. The minimum absolute atomic E-state index is 0.0418. The Balaban J connectivity index is 1.72. The lowest BCUT2D eigenvalue weighted by atomic mass is 10.0. The molecule has 0 atom stereocenters. The summed E-state index contributed by atoms with van der Waals surface area (Å²) in [6.45, 7) is 6.89. The van der Waals surface area contributed by atoms with Crippen molar-refractivity contribution in [3.8, 4) is 11.3 Å². The number of carbonyl (C=O) groups excluding carboxylic acids is 3. The number of amides is 2. The molecule has 0 bridgehead atoms. The highest BCUT2D eigenvalue weighted by Gasteiger charge is 2.23. The molecule has 0 spiro atoms. The Morgan fingerprint density at radius 3 is 2.47 bits per heavy atom. The van der Waals surface area contributed by atoms with Gasteiger partial charge in [0.25, 0.3) is 11.8 Å². The first-order chi connectivity index (χ1) is 17.3. The third-order valence-corrected chi connectivity index (χ3v) is 5.49. The van der Waals surface area contributed by atoms with Gasteiger partial charge < -0.3 is 5.73 Å². The van der Waals surface area contributed by atoms with Crippen molar-refractivity contribution >= 4 is 34.4 Å². The lowest BCUT2D eigenvalue weighted by molar-refractivity contribution is -0.123. The number of aromatic nitrogens is 4. The molecule has 0 saturated carbocycles. The van der Waals surface area contributed by atoms with E-state index < -0.39 is 23.4 Å². The molecule has 0 fully saturated rings. The molecular formula is C26H21FN6O3. The van der Waals surface area contributed by atoms with Crippen LogP contribution in [0.1, 0.15) is 20.7 Å². The first kappa shape index (κ1) is 24.1. The predicted molar refractivity (Wildman–Crippen MR) is 132 cm³/mol. The second-order valence-corrected chi connectivity index (χ2v) is 7.66. The number of allylic oxidation sites excluding steroid dienone is 1. The van der Waals surface area contributed by atoms with E-state index >= 15 is 0 Å². The van der Waals surface area contributed by atoms with Crippen molar-refractivity contribution in [3.63, 3.8) is 0 Å². The maximum atomic E-state index is 14.7. The number of hydrogen-bond donors (Lipinski definition) is 1. The van der Waals surface area contributed by atoms with Crippen molar-refractivity contribution in [3.05, 3.63) is 97.1 Å². The van der Waals surface area contributed by atoms with E-state index in [0.29, 0.717) is 22.2 Å². The largest absolute Gasteiger partial charge is 0.383 e. The number of imide groups is 1. The monoisotopic (exact) mass is 484 g/mol. The number of nitrogens with zero attached hydrogens (tertiary/aromatic N) is 5. The number of hydrogen-bond acceptors (Lipinski definition) is 7. The van der Waals surface area contributed by atoms with Crippen LogP contribution in [-0.2, 0) is 11.3 Å². The SMILES string of the molecule is C=CC(=O)c1ccc(-c2nn(CCN(C(=O)C=C)C(=O)c3ccccc3)c3ncnc(N)c23)cc1F. The third-order valence-electron chi connectivity index (χ3n) is 5.49.